The molecule has 1 aliphatic rings. The largest absolute Gasteiger partial charge is 0.0879 e. The van der Waals surface area contributed by atoms with E-state index in [1.807, 2.05) is 0 Å². The highest BCUT2D eigenvalue weighted by Gasteiger charge is 2.26. The summed E-state index contributed by atoms with van der Waals surface area (Å²) in [6.45, 7) is 6.90. The molecule has 1 aliphatic carbocycles. The Morgan fingerprint density at radius 1 is 1.21 bits per heavy atom. The number of benzene rings is 1. The molecule has 0 aromatic heterocycles. The van der Waals surface area contributed by atoms with E-state index in [-0.39, 0.29) is 0 Å². The molecular formula is C19H26. The smallest absolute Gasteiger partial charge is 0.000213 e. The van der Waals surface area contributed by atoms with Crippen LogP contribution in [0.15, 0.2) is 48.6 Å². The highest BCUT2D eigenvalue weighted by molar-refractivity contribution is 5.21. The van der Waals surface area contributed by atoms with Crippen molar-refractivity contribution in [2.45, 2.75) is 46.5 Å². The molecular weight excluding hydrogens is 228 g/mol. The molecule has 102 valence electrons. The summed E-state index contributed by atoms with van der Waals surface area (Å²) >= 11 is 0. The Labute approximate surface area is 118 Å². The van der Waals surface area contributed by atoms with Crippen molar-refractivity contribution in [3.8, 4) is 0 Å². The third-order valence-electron chi connectivity index (χ3n) is 4.26. The molecule has 0 amide bonds. The lowest BCUT2D eigenvalue weighted by atomic mass is 9.72. The minimum Gasteiger partial charge on any atom is -0.0879 e. The summed E-state index contributed by atoms with van der Waals surface area (Å²) < 4.78 is 0. The van der Waals surface area contributed by atoms with Crippen molar-refractivity contribution in [2.24, 2.45) is 11.3 Å². The van der Waals surface area contributed by atoms with E-state index in [2.05, 4.69) is 69.3 Å². The van der Waals surface area contributed by atoms with Crippen molar-refractivity contribution in [1.82, 2.24) is 0 Å². The molecule has 0 nitrogen and oxygen atoms in total. The van der Waals surface area contributed by atoms with E-state index >= 15 is 0 Å². The predicted octanol–water partition coefficient (Wildman–Crippen LogP) is 5.48. The maximum absolute atomic E-state index is 2.41. The van der Waals surface area contributed by atoms with Gasteiger partial charge >= 0.3 is 0 Å². The van der Waals surface area contributed by atoms with Crippen LogP contribution in [0.25, 0.3) is 0 Å². The summed E-state index contributed by atoms with van der Waals surface area (Å²) in [7, 11) is 0. The van der Waals surface area contributed by atoms with Crippen molar-refractivity contribution in [3.05, 3.63) is 59.7 Å². The number of allylic oxidation sites excluding steroid dienone is 4. The summed E-state index contributed by atoms with van der Waals surface area (Å²) in [6, 6.07) is 8.89. The van der Waals surface area contributed by atoms with Crippen molar-refractivity contribution in [3.63, 3.8) is 0 Å². The maximum atomic E-state index is 2.41. The Morgan fingerprint density at radius 2 is 1.95 bits per heavy atom. The minimum absolute atomic E-state index is 0.426. The lowest BCUT2D eigenvalue weighted by molar-refractivity contribution is 0.267. The summed E-state index contributed by atoms with van der Waals surface area (Å²) in [5, 5.41) is 0. The van der Waals surface area contributed by atoms with Crippen molar-refractivity contribution < 1.29 is 0 Å². The first kappa shape index (κ1) is 14.1. The second kappa shape index (κ2) is 6.23. The number of rotatable bonds is 4. The molecule has 2 rings (SSSR count). The van der Waals surface area contributed by atoms with Gasteiger partial charge in [0, 0.05) is 0 Å². The van der Waals surface area contributed by atoms with Gasteiger partial charge in [-0.2, -0.15) is 0 Å². The van der Waals surface area contributed by atoms with Gasteiger partial charge in [-0.15, -0.1) is 0 Å². The molecule has 1 atom stereocenters. The standard InChI is InChI=1S/C19H26/c1-16-11-13-17(14-12-16)8-4-5-9-18-10-6-7-15-19(18,2)3/h5-6,9-14,18H,4,7-8,15H2,1-3H3. The van der Waals surface area contributed by atoms with Gasteiger partial charge in [-0.05, 0) is 49.5 Å². The van der Waals surface area contributed by atoms with Gasteiger partial charge in [0.1, 0.15) is 0 Å². The van der Waals surface area contributed by atoms with Crippen LogP contribution in [0, 0.1) is 18.3 Å². The fourth-order valence-corrected chi connectivity index (χ4v) is 2.70. The van der Waals surface area contributed by atoms with Crippen LogP contribution >= 0.6 is 0 Å². The van der Waals surface area contributed by atoms with Crippen LogP contribution < -0.4 is 0 Å². The van der Waals surface area contributed by atoms with Crippen molar-refractivity contribution in [2.75, 3.05) is 0 Å². The average Bonchev–Trinajstić information content (AvgIpc) is 2.38. The summed E-state index contributed by atoms with van der Waals surface area (Å²) in [6.07, 6.45) is 14.3. The predicted molar refractivity (Wildman–Crippen MR) is 84.3 cm³/mol. The van der Waals surface area contributed by atoms with Crippen LogP contribution in [-0.2, 0) is 6.42 Å². The zero-order valence-electron chi connectivity index (χ0n) is 12.5. The number of aryl methyl sites for hydroxylation is 2. The molecule has 0 aliphatic heterocycles. The third-order valence-corrected chi connectivity index (χ3v) is 4.26. The molecule has 0 bridgehead atoms. The topological polar surface area (TPSA) is 0 Å². The molecule has 0 radical (unpaired) electrons. The van der Waals surface area contributed by atoms with Crippen LogP contribution in [0.1, 0.15) is 44.2 Å². The van der Waals surface area contributed by atoms with Gasteiger partial charge in [0.2, 0.25) is 0 Å². The Hall–Kier alpha value is -1.30. The molecule has 0 saturated heterocycles. The molecule has 1 aromatic carbocycles. The molecule has 0 saturated carbocycles. The molecule has 0 heterocycles. The van der Waals surface area contributed by atoms with Gasteiger partial charge in [-0.1, -0.05) is 68.0 Å². The fourth-order valence-electron chi connectivity index (χ4n) is 2.70. The molecule has 0 N–H and O–H groups in total. The zero-order valence-corrected chi connectivity index (χ0v) is 12.5. The van der Waals surface area contributed by atoms with Crippen LogP contribution in [0.5, 0.6) is 0 Å². The van der Waals surface area contributed by atoms with Crippen LogP contribution in [-0.4, -0.2) is 0 Å². The first-order valence-corrected chi connectivity index (χ1v) is 7.47. The molecule has 19 heavy (non-hydrogen) atoms. The SMILES string of the molecule is Cc1ccc(CCC=CC2C=CCCC2(C)C)cc1. The van der Waals surface area contributed by atoms with E-state index in [1.54, 1.807) is 0 Å². The first-order valence-electron chi connectivity index (χ1n) is 7.47. The van der Waals surface area contributed by atoms with Gasteiger partial charge in [-0.25, -0.2) is 0 Å². The van der Waals surface area contributed by atoms with Gasteiger partial charge in [0.15, 0.2) is 0 Å². The maximum Gasteiger partial charge on any atom is -0.000213 e. The quantitative estimate of drug-likeness (QED) is 0.624. The number of hydrogen-bond donors (Lipinski definition) is 0. The minimum atomic E-state index is 0.426. The van der Waals surface area contributed by atoms with E-state index in [9.17, 15) is 0 Å². The third kappa shape index (κ3) is 4.09. The van der Waals surface area contributed by atoms with E-state index in [0.29, 0.717) is 11.3 Å². The Balaban J connectivity index is 1.85. The van der Waals surface area contributed by atoms with E-state index < -0.39 is 0 Å². The molecule has 1 unspecified atom stereocenters. The first-order chi connectivity index (χ1) is 9.08. The van der Waals surface area contributed by atoms with Crippen LogP contribution in [0.2, 0.25) is 0 Å². The molecule has 0 heteroatoms. The average molecular weight is 254 g/mol. The lowest BCUT2D eigenvalue weighted by Gasteiger charge is -2.33. The van der Waals surface area contributed by atoms with E-state index in [0.717, 1.165) is 12.8 Å². The second-order valence-electron chi connectivity index (χ2n) is 6.43. The Bertz CT molecular complexity index is 445. The van der Waals surface area contributed by atoms with Gasteiger partial charge < -0.3 is 0 Å². The van der Waals surface area contributed by atoms with E-state index in [1.165, 1.54) is 24.0 Å². The lowest BCUT2D eigenvalue weighted by Crippen LogP contribution is -2.23. The van der Waals surface area contributed by atoms with Gasteiger partial charge in [0.05, 0.1) is 0 Å². The van der Waals surface area contributed by atoms with Gasteiger partial charge in [0.25, 0.3) is 0 Å². The fraction of sp³-hybridized carbons (Fsp3) is 0.474. The molecule has 1 aromatic rings. The Kier molecular flexibility index (Phi) is 4.63. The van der Waals surface area contributed by atoms with Crippen molar-refractivity contribution >= 4 is 0 Å². The van der Waals surface area contributed by atoms with Crippen LogP contribution in [0.3, 0.4) is 0 Å². The van der Waals surface area contributed by atoms with Crippen molar-refractivity contribution in [1.29, 1.82) is 0 Å². The number of hydrogen-bond acceptors (Lipinski definition) is 0. The van der Waals surface area contributed by atoms with Gasteiger partial charge in [-0.3, -0.25) is 0 Å². The van der Waals surface area contributed by atoms with E-state index in [4.69, 9.17) is 0 Å². The zero-order chi connectivity index (χ0) is 13.7. The normalized spacial score (nSPS) is 21.9. The monoisotopic (exact) mass is 254 g/mol. The molecule has 0 fully saturated rings. The second-order valence-corrected chi connectivity index (χ2v) is 6.43. The summed E-state index contributed by atoms with van der Waals surface area (Å²) in [5.74, 6) is 0.610. The Morgan fingerprint density at radius 3 is 2.63 bits per heavy atom. The van der Waals surface area contributed by atoms with Crippen LogP contribution in [0.4, 0.5) is 0 Å². The summed E-state index contributed by atoms with van der Waals surface area (Å²) in [5.41, 5.74) is 3.21. The highest BCUT2D eigenvalue weighted by atomic mass is 14.3. The highest BCUT2D eigenvalue weighted by Crippen LogP contribution is 2.37. The molecule has 0 spiro atoms. The summed E-state index contributed by atoms with van der Waals surface area (Å²) in [4.78, 5) is 0.